The molecule has 1 aromatic carbocycles. The van der Waals surface area contributed by atoms with Crippen molar-refractivity contribution in [1.82, 2.24) is 29.8 Å². The number of piperazine rings is 1. The van der Waals surface area contributed by atoms with Gasteiger partial charge in [0.25, 0.3) is 0 Å². The Hall–Kier alpha value is -3.51. The fourth-order valence-electron chi connectivity index (χ4n) is 6.19. The summed E-state index contributed by atoms with van der Waals surface area (Å²) in [6.45, 7) is 4.63. The largest absolute Gasteiger partial charge is 0.462 e. The van der Waals surface area contributed by atoms with Crippen molar-refractivity contribution in [2.75, 3.05) is 52.9 Å². The van der Waals surface area contributed by atoms with Crippen molar-refractivity contribution < 1.29 is 27.5 Å². The van der Waals surface area contributed by atoms with Crippen LogP contribution in [-0.4, -0.2) is 94.4 Å². The number of nitrogens with zero attached hydrogens (tertiary/aromatic N) is 5. The number of benzene rings is 1. The highest BCUT2D eigenvalue weighted by Gasteiger charge is 2.44. The molecule has 2 unspecified atom stereocenters. The minimum atomic E-state index is -4.79. The monoisotopic (exact) mass is 620 g/mol. The van der Waals surface area contributed by atoms with E-state index in [0.29, 0.717) is 52.0 Å². The minimum absolute atomic E-state index is 0.0382. The average Bonchev–Trinajstić information content (AvgIpc) is 3.48. The molecular weight excluding hydrogens is 585 g/mol. The van der Waals surface area contributed by atoms with Crippen LogP contribution in [0.2, 0.25) is 0 Å². The van der Waals surface area contributed by atoms with E-state index in [-0.39, 0.29) is 19.2 Å². The van der Waals surface area contributed by atoms with Crippen molar-refractivity contribution in [2.45, 2.75) is 43.4 Å². The van der Waals surface area contributed by atoms with E-state index in [4.69, 9.17) is 16.3 Å². The molecule has 2 saturated heterocycles. The fourth-order valence-corrected chi connectivity index (χ4v) is 6.55. The number of aromatic nitrogens is 2. The molecule has 13 heteroatoms. The molecule has 0 bridgehead atoms. The van der Waals surface area contributed by atoms with Crippen molar-refractivity contribution in [3.63, 3.8) is 0 Å². The number of urea groups is 1. The number of hydrogen-bond acceptors (Lipinski definition) is 6. The molecule has 3 aliphatic rings. The fraction of sp³-hybridized carbons (Fsp3) is 0.500. The van der Waals surface area contributed by atoms with Gasteiger partial charge in [-0.3, -0.25) is 9.58 Å². The molecule has 0 spiro atoms. The molecule has 0 saturated carbocycles. The standard InChI is InChI=1S/C30H36ClF3N6O3/c1-3-43-27(41)24-19-36-40(26(24)30(32,33)34)22-10-7-13-38(20-22)25-18-29(31,12-11-23(25)21-8-5-4-6-9-21)39-16-14-37(15-17-39)28(42)35-2/h4-6,8-9,11-12,19,22H,3,7,10,13-18,20H2,1-2H3,(H,35,42). The molecule has 1 aliphatic carbocycles. The normalized spacial score (nSPS) is 23.4. The number of likely N-dealkylation sites (tertiary alicyclic amines) is 1. The number of esters is 1. The smallest absolute Gasteiger partial charge is 0.433 e. The second-order valence-electron chi connectivity index (χ2n) is 10.9. The van der Waals surface area contributed by atoms with Crippen LogP contribution in [0.4, 0.5) is 18.0 Å². The van der Waals surface area contributed by atoms with E-state index >= 15 is 0 Å². The third kappa shape index (κ3) is 6.40. The summed E-state index contributed by atoms with van der Waals surface area (Å²) in [4.78, 5) is 29.6. The third-order valence-corrected chi connectivity index (χ3v) is 8.80. The zero-order valence-corrected chi connectivity index (χ0v) is 25.0. The first-order chi connectivity index (χ1) is 20.6. The first kappa shape index (κ1) is 30.9. The first-order valence-corrected chi connectivity index (χ1v) is 14.9. The number of carbonyl (C=O) groups is 2. The Labute approximate surface area is 253 Å². The van der Waals surface area contributed by atoms with Crippen LogP contribution >= 0.6 is 11.6 Å². The average molecular weight is 621 g/mol. The number of nitrogens with one attached hydrogen (secondary N) is 1. The Bertz CT molecular complexity index is 1390. The van der Waals surface area contributed by atoms with Crippen LogP contribution in [0, 0.1) is 0 Å². The number of allylic oxidation sites excluding steroid dienone is 2. The van der Waals surface area contributed by atoms with Crippen molar-refractivity contribution >= 4 is 29.2 Å². The highest BCUT2D eigenvalue weighted by Crippen LogP contribution is 2.43. The lowest BCUT2D eigenvalue weighted by Crippen LogP contribution is -2.57. The van der Waals surface area contributed by atoms with Crippen molar-refractivity contribution in [2.24, 2.45) is 0 Å². The summed E-state index contributed by atoms with van der Waals surface area (Å²) in [5.74, 6) is -1.04. The molecule has 2 aliphatic heterocycles. The number of carbonyl (C=O) groups excluding carboxylic acids is 2. The van der Waals surface area contributed by atoms with Crippen LogP contribution in [-0.2, 0) is 10.9 Å². The van der Waals surface area contributed by atoms with Crippen molar-refractivity contribution in [1.29, 1.82) is 0 Å². The predicted molar refractivity (Wildman–Crippen MR) is 156 cm³/mol. The summed E-state index contributed by atoms with van der Waals surface area (Å²) in [5, 5.41) is 6.73. The quantitative estimate of drug-likeness (QED) is 0.279. The molecule has 0 radical (unpaired) electrons. The zero-order chi connectivity index (χ0) is 30.8. The van der Waals surface area contributed by atoms with Crippen LogP contribution in [0.25, 0.3) is 5.57 Å². The molecule has 1 aromatic heterocycles. The minimum Gasteiger partial charge on any atom is -0.462 e. The number of amides is 2. The molecule has 5 rings (SSSR count). The molecule has 1 N–H and O–H groups in total. The Morgan fingerprint density at radius 1 is 1.14 bits per heavy atom. The molecule has 232 valence electrons. The van der Waals surface area contributed by atoms with Gasteiger partial charge in [-0.25, -0.2) is 9.59 Å². The van der Waals surface area contributed by atoms with Crippen LogP contribution in [0.15, 0.2) is 54.4 Å². The van der Waals surface area contributed by atoms with Crippen molar-refractivity contribution in [3.8, 4) is 0 Å². The molecule has 2 fully saturated rings. The summed E-state index contributed by atoms with van der Waals surface area (Å²) in [6, 6.07) is 9.09. The van der Waals surface area contributed by atoms with Gasteiger partial charge in [-0.05, 0) is 31.4 Å². The number of rotatable bonds is 6. The summed E-state index contributed by atoms with van der Waals surface area (Å²) < 4.78 is 48.7. The maximum Gasteiger partial charge on any atom is 0.433 e. The van der Waals surface area contributed by atoms with Gasteiger partial charge >= 0.3 is 18.2 Å². The van der Waals surface area contributed by atoms with Gasteiger partial charge in [0.15, 0.2) is 5.69 Å². The maximum atomic E-state index is 14.3. The van der Waals surface area contributed by atoms with Gasteiger partial charge in [-0.1, -0.05) is 48.0 Å². The van der Waals surface area contributed by atoms with Crippen LogP contribution in [0.1, 0.15) is 53.8 Å². The molecule has 2 aromatic rings. The van der Waals surface area contributed by atoms with Crippen LogP contribution in [0.3, 0.4) is 0 Å². The highest BCUT2D eigenvalue weighted by molar-refractivity contribution is 6.25. The van der Waals surface area contributed by atoms with E-state index in [2.05, 4.69) is 20.2 Å². The van der Waals surface area contributed by atoms with Gasteiger partial charge in [0.05, 0.1) is 18.8 Å². The van der Waals surface area contributed by atoms with E-state index in [1.165, 1.54) is 0 Å². The van der Waals surface area contributed by atoms with Gasteiger partial charge < -0.3 is 19.9 Å². The lowest BCUT2D eigenvalue weighted by Gasteiger charge is -2.47. The number of halogens is 4. The third-order valence-electron chi connectivity index (χ3n) is 8.31. The van der Waals surface area contributed by atoms with E-state index in [1.807, 2.05) is 42.5 Å². The Morgan fingerprint density at radius 2 is 1.86 bits per heavy atom. The van der Waals surface area contributed by atoms with E-state index in [9.17, 15) is 22.8 Å². The zero-order valence-electron chi connectivity index (χ0n) is 24.2. The van der Waals surface area contributed by atoms with E-state index in [0.717, 1.165) is 27.7 Å². The number of ether oxygens (including phenoxy) is 1. The Balaban J connectivity index is 1.45. The number of alkyl halides is 4. The summed E-state index contributed by atoms with van der Waals surface area (Å²) in [6.07, 6.45) is 1.70. The van der Waals surface area contributed by atoms with Gasteiger partial charge in [0.2, 0.25) is 0 Å². The summed E-state index contributed by atoms with van der Waals surface area (Å²) in [7, 11) is 1.61. The van der Waals surface area contributed by atoms with Gasteiger partial charge in [-0.15, -0.1) is 0 Å². The first-order valence-electron chi connectivity index (χ1n) is 14.5. The van der Waals surface area contributed by atoms with Gasteiger partial charge in [0, 0.05) is 64.0 Å². The van der Waals surface area contributed by atoms with Crippen molar-refractivity contribution in [3.05, 3.63) is 71.2 Å². The molecule has 9 nitrogen and oxygen atoms in total. The molecule has 2 amide bonds. The maximum absolute atomic E-state index is 14.3. The second kappa shape index (κ2) is 12.6. The summed E-state index contributed by atoms with van der Waals surface area (Å²) >= 11 is 7.33. The Kier molecular flexibility index (Phi) is 9.07. The lowest BCUT2D eigenvalue weighted by molar-refractivity contribution is -0.146. The van der Waals surface area contributed by atoms with Crippen LogP contribution < -0.4 is 5.32 Å². The summed E-state index contributed by atoms with van der Waals surface area (Å²) in [5.41, 5.74) is 1.23. The van der Waals surface area contributed by atoms with Gasteiger partial charge in [-0.2, -0.15) is 18.3 Å². The lowest BCUT2D eigenvalue weighted by atomic mass is 9.90. The Morgan fingerprint density at radius 3 is 2.51 bits per heavy atom. The molecule has 2 atom stereocenters. The van der Waals surface area contributed by atoms with Crippen LogP contribution in [0.5, 0.6) is 0 Å². The molecular formula is C30H36ClF3N6O3. The van der Waals surface area contributed by atoms with E-state index in [1.54, 1.807) is 18.9 Å². The number of piperidine rings is 1. The SMILES string of the molecule is CCOC(=O)c1cnn(C2CCCN(C3=C(c4ccccc4)C=CC(Cl)(N4CCN(C(=O)NC)CC4)C3)C2)c1C(F)(F)F. The van der Waals surface area contributed by atoms with E-state index < -0.39 is 34.4 Å². The van der Waals surface area contributed by atoms with Gasteiger partial charge in [0.1, 0.15) is 10.6 Å². The molecule has 3 heterocycles. The second-order valence-corrected chi connectivity index (χ2v) is 11.6. The topological polar surface area (TPSA) is 82.9 Å². The number of hydrogen-bond donors (Lipinski definition) is 1. The molecule has 43 heavy (non-hydrogen) atoms. The highest BCUT2D eigenvalue weighted by atomic mass is 35.5. The predicted octanol–water partition coefficient (Wildman–Crippen LogP) is 4.98.